The number of anilines is 1. The molecule has 7 rings (SSSR count). The van der Waals surface area contributed by atoms with E-state index in [1.807, 2.05) is 12.1 Å². The summed E-state index contributed by atoms with van der Waals surface area (Å²) in [5.41, 5.74) is 1.26. The number of hydrogen-bond acceptors (Lipinski definition) is 7. The molecule has 4 aliphatic rings. The van der Waals surface area contributed by atoms with Crippen LogP contribution in [0.4, 0.5) is 5.69 Å². The number of phenolic OH excluding ortho intramolecular Hbond substituents is 2. The van der Waals surface area contributed by atoms with Crippen molar-refractivity contribution in [3.05, 3.63) is 95.6 Å². The highest BCUT2D eigenvalue weighted by atomic mass is 16.5. The molecule has 2 aliphatic carbocycles. The van der Waals surface area contributed by atoms with E-state index in [1.54, 1.807) is 67.6 Å². The fourth-order valence-corrected chi connectivity index (χ4v) is 8.34. The Labute approximate surface area is 260 Å². The first-order valence-electron chi connectivity index (χ1n) is 15.3. The van der Waals surface area contributed by atoms with Gasteiger partial charge in [-0.1, -0.05) is 48.0 Å². The lowest BCUT2D eigenvalue weighted by Gasteiger charge is -2.49. The fraction of sp³-hybridized carbons (Fsp3) is 0.333. The zero-order valence-electron chi connectivity index (χ0n) is 25.1. The number of ether oxygens (including phenoxy) is 1. The number of carbonyl (C=O) groups is 4. The second-order valence-electron chi connectivity index (χ2n) is 12.6. The van der Waals surface area contributed by atoms with E-state index in [9.17, 15) is 29.4 Å². The van der Waals surface area contributed by atoms with Crippen LogP contribution in [0.3, 0.4) is 0 Å². The summed E-state index contributed by atoms with van der Waals surface area (Å²) < 4.78 is 5.71. The van der Waals surface area contributed by atoms with Gasteiger partial charge in [-0.15, -0.1) is 0 Å². The molecule has 3 aromatic rings. The van der Waals surface area contributed by atoms with Gasteiger partial charge in [0.25, 0.3) is 0 Å². The lowest BCUT2D eigenvalue weighted by atomic mass is 9.51. The van der Waals surface area contributed by atoms with Gasteiger partial charge in [-0.3, -0.25) is 24.1 Å². The van der Waals surface area contributed by atoms with Crippen LogP contribution in [-0.4, -0.2) is 52.4 Å². The molecule has 45 heavy (non-hydrogen) atoms. The summed E-state index contributed by atoms with van der Waals surface area (Å²) in [7, 11) is 1.49. The zero-order chi connectivity index (χ0) is 31.6. The molecule has 6 atom stereocenters. The first kappa shape index (κ1) is 28.8. The van der Waals surface area contributed by atoms with Crippen LogP contribution in [0.15, 0.2) is 84.4 Å². The zero-order valence-corrected chi connectivity index (χ0v) is 25.1. The van der Waals surface area contributed by atoms with Crippen molar-refractivity contribution in [2.75, 3.05) is 18.6 Å². The van der Waals surface area contributed by atoms with E-state index < -0.39 is 35.0 Å². The topological polar surface area (TPSA) is 124 Å². The second-order valence-corrected chi connectivity index (χ2v) is 12.6. The third kappa shape index (κ3) is 4.20. The van der Waals surface area contributed by atoms with Gasteiger partial charge in [-0.2, -0.15) is 0 Å². The van der Waals surface area contributed by atoms with Gasteiger partial charge in [0.2, 0.25) is 23.6 Å². The summed E-state index contributed by atoms with van der Waals surface area (Å²) in [5.74, 6) is -4.08. The van der Waals surface area contributed by atoms with E-state index in [2.05, 4.69) is 0 Å². The van der Waals surface area contributed by atoms with E-state index in [1.165, 1.54) is 23.0 Å². The van der Waals surface area contributed by atoms with Gasteiger partial charge in [-0.25, -0.2) is 4.90 Å². The highest BCUT2D eigenvalue weighted by molar-refractivity contribution is 6.24. The van der Waals surface area contributed by atoms with Gasteiger partial charge in [0.05, 0.1) is 36.0 Å². The van der Waals surface area contributed by atoms with Crippen LogP contribution in [0, 0.1) is 29.1 Å². The molecule has 0 radical (unpaired) electrons. The number of nitrogens with zero attached hydrogens (tertiary/aromatic N) is 2. The summed E-state index contributed by atoms with van der Waals surface area (Å²) >= 11 is 0. The standard InChI is InChI=1S/C36H34N2O7/c1-36-26(33(42)38(35(36)44)21-7-4-3-5-8-21)19-25-23(31(36)30-27(40)9-6-10-28(30)45-2)15-16-24-29(25)34(43)37(32(24)41)18-17-20-11-13-22(39)14-12-20/h3-15,24-26,29,31,39-40H,16-19H2,1-2H3. The predicted octanol–water partition coefficient (Wildman–Crippen LogP) is 4.58. The molecule has 2 aliphatic heterocycles. The van der Waals surface area contributed by atoms with Crippen LogP contribution in [-0.2, 0) is 25.6 Å². The average molecular weight is 607 g/mol. The molecule has 9 heteroatoms. The van der Waals surface area contributed by atoms with Crippen LogP contribution in [0.1, 0.15) is 36.8 Å². The number of benzene rings is 3. The molecular formula is C36H34N2O7. The van der Waals surface area contributed by atoms with Crippen molar-refractivity contribution in [3.63, 3.8) is 0 Å². The summed E-state index contributed by atoms with van der Waals surface area (Å²) in [5, 5.41) is 20.9. The molecule has 0 spiro atoms. The van der Waals surface area contributed by atoms with E-state index in [0.29, 0.717) is 29.8 Å². The number of aromatic hydroxyl groups is 2. The molecule has 2 saturated heterocycles. The Morgan fingerprint density at radius 2 is 1.60 bits per heavy atom. The van der Waals surface area contributed by atoms with E-state index >= 15 is 0 Å². The molecule has 9 nitrogen and oxygen atoms in total. The lowest BCUT2D eigenvalue weighted by molar-refractivity contribution is -0.140. The SMILES string of the molecule is COc1cccc(O)c1C1C2=CCC3C(=O)N(CCc4ccc(O)cc4)C(=O)C3C2CC2C(=O)N(c3ccccc3)C(=O)C21C. The number of fused-ring (bicyclic) bond motifs is 4. The van der Waals surface area contributed by atoms with Crippen LogP contribution < -0.4 is 9.64 Å². The van der Waals surface area contributed by atoms with Crippen molar-refractivity contribution < 1.29 is 34.1 Å². The maximum absolute atomic E-state index is 14.5. The number of phenols is 2. The minimum absolute atomic E-state index is 0.0641. The van der Waals surface area contributed by atoms with Crippen LogP contribution >= 0.6 is 0 Å². The third-order valence-corrected chi connectivity index (χ3v) is 10.5. The molecule has 0 bridgehead atoms. The summed E-state index contributed by atoms with van der Waals surface area (Å²) in [6.07, 6.45) is 2.95. The van der Waals surface area contributed by atoms with Gasteiger partial charge in [0, 0.05) is 18.0 Å². The molecular weight excluding hydrogens is 572 g/mol. The van der Waals surface area contributed by atoms with E-state index in [0.717, 1.165) is 11.1 Å². The average Bonchev–Trinajstić information content (AvgIpc) is 3.40. The minimum atomic E-state index is -1.28. The Balaban J connectivity index is 1.31. The lowest BCUT2D eigenvalue weighted by Crippen LogP contribution is -2.49. The van der Waals surface area contributed by atoms with Crippen molar-refractivity contribution in [1.29, 1.82) is 0 Å². The Bertz CT molecular complexity index is 1750. The van der Waals surface area contributed by atoms with Crippen molar-refractivity contribution in [2.45, 2.75) is 32.1 Å². The number of carbonyl (C=O) groups excluding carboxylic acids is 4. The van der Waals surface area contributed by atoms with Gasteiger partial charge in [-0.05, 0) is 74.1 Å². The predicted molar refractivity (Wildman–Crippen MR) is 164 cm³/mol. The normalized spacial score (nSPS) is 28.9. The van der Waals surface area contributed by atoms with Gasteiger partial charge < -0.3 is 14.9 Å². The second kappa shape index (κ2) is 10.6. The quantitative estimate of drug-likeness (QED) is 0.311. The van der Waals surface area contributed by atoms with Crippen molar-refractivity contribution in [2.24, 2.45) is 29.1 Å². The first-order chi connectivity index (χ1) is 21.7. The number of amides is 4. The van der Waals surface area contributed by atoms with Gasteiger partial charge in [0.1, 0.15) is 17.2 Å². The molecule has 3 aromatic carbocycles. The number of imide groups is 2. The molecule has 4 amide bonds. The highest BCUT2D eigenvalue weighted by Gasteiger charge is 2.68. The molecule has 3 fully saturated rings. The van der Waals surface area contributed by atoms with Crippen molar-refractivity contribution in [3.8, 4) is 17.2 Å². The number of allylic oxidation sites excluding steroid dienone is 2. The Morgan fingerprint density at radius 1 is 0.867 bits per heavy atom. The third-order valence-electron chi connectivity index (χ3n) is 10.5. The number of para-hydroxylation sites is 1. The monoisotopic (exact) mass is 606 g/mol. The molecule has 0 aromatic heterocycles. The Kier molecular flexibility index (Phi) is 6.80. The largest absolute Gasteiger partial charge is 0.508 e. The molecule has 2 N–H and O–H groups in total. The maximum atomic E-state index is 14.5. The van der Waals surface area contributed by atoms with Crippen LogP contribution in [0.5, 0.6) is 17.2 Å². The number of methoxy groups -OCH3 is 1. The molecule has 6 unspecified atom stereocenters. The smallest absolute Gasteiger partial charge is 0.241 e. The number of hydrogen-bond donors (Lipinski definition) is 2. The van der Waals surface area contributed by atoms with Gasteiger partial charge >= 0.3 is 0 Å². The minimum Gasteiger partial charge on any atom is -0.508 e. The molecule has 230 valence electrons. The summed E-state index contributed by atoms with van der Waals surface area (Å²) in [6.45, 7) is 1.99. The maximum Gasteiger partial charge on any atom is 0.241 e. The highest BCUT2D eigenvalue weighted by Crippen LogP contribution is 2.65. The van der Waals surface area contributed by atoms with Gasteiger partial charge in [0.15, 0.2) is 0 Å². The number of likely N-dealkylation sites (tertiary alicyclic amines) is 1. The number of rotatable bonds is 6. The molecule has 1 saturated carbocycles. The van der Waals surface area contributed by atoms with E-state index in [4.69, 9.17) is 4.74 Å². The van der Waals surface area contributed by atoms with Crippen molar-refractivity contribution in [1.82, 2.24) is 4.90 Å². The Hall–Kier alpha value is -4.92. The summed E-state index contributed by atoms with van der Waals surface area (Å²) in [4.78, 5) is 59.1. The first-order valence-corrected chi connectivity index (χ1v) is 15.3. The van der Waals surface area contributed by atoms with E-state index in [-0.39, 0.29) is 48.1 Å². The molecule has 2 heterocycles. The summed E-state index contributed by atoms with van der Waals surface area (Å²) in [6, 6.07) is 20.4. The van der Waals surface area contributed by atoms with Crippen LogP contribution in [0.25, 0.3) is 0 Å². The fourth-order valence-electron chi connectivity index (χ4n) is 8.34. The van der Waals surface area contributed by atoms with Crippen molar-refractivity contribution >= 4 is 29.3 Å². The Morgan fingerprint density at radius 3 is 2.31 bits per heavy atom. The van der Waals surface area contributed by atoms with Crippen LogP contribution in [0.2, 0.25) is 0 Å².